The van der Waals surface area contributed by atoms with Crippen molar-refractivity contribution in [3.8, 4) is 0 Å². The number of amides is 2. The van der Waals surface area contributed by atoms with Crippen LogP contribution < -0.4 is 16.4 Å². The first-order valence-electron chi connectivity index (χ1n) is 6.25. The van der Waals surface area contributed by atoms with E-state index in [2.05, 4.69) is 15.7 Å². The Kier molecular flexibility index (Phi) is 5.51. The Balaban J connectivity index is 2.63. The molecule has 112 valence electrons. The number of aromatic nitrogens is 2. The highest BCUT2D eigenvalue weighted by molar-refractivity contribution is 6.00. The average Bonchev–Trinajstić information content (AvgIpc) is 2.63. The van der Waals surface area contributed by atoms with Gasteiger partial charge in [0.05, 0.1) is 18.0 Å². The van der Waals surface area contributed by atoms with Gasteiger partial charge in [-0.25, -0.2) is 0 Å². The number of nitrogens with zero attached hydrogens (tertiary/aromatic N) is 2. The molecule has 20 heavy (non-hydrogen) atoms. The highest BCUT2D eigenvalue weighted by Gasteiger charge is 2.21. The maximum absolute atomic E-state index is 12.1. The minimum absolute atomic E-state index is 0.249. The summed E-state index contributed by atoms with van der Waals surface area (Å²) in [6, 6.07) is -0.672. The van der Waals surface area contributed by atoms with Gasteiger partial charge in [0.15, 0.2) is 0 Å². The van der Waals surface area contributed by atoms with Crippen LogP contribution in [-0.4, -0.2) is 47.9 Å². The molecule has 0 saturated carbocycles. The van der Waals surface area contributed by atoms with E-state index in [1.54, 1.807) is 28.0 Å². The molecular weight excluding hydrogens is 262 g/mol. The molecule has 1 atom stereocenters. The van der Waals surface area contributed by atoms with Crippen LogP contribution in [0, 0.1) is 6.92 Å². The SMILES string of the molecule is COCCNC(=O)C(C)NC(=O)c1c(N)c(C)nn1C. The van der Waals surface area contributed by atoms with E-state index in [9.17, 15) is 9.59 Å². The standard InChI is InChI=1S/C12H21N5O3/c1-7-9(13)10(17(3)16-7)12(19)15-8(2)11(18)14-5-6-20-4/h8H,5-6,13H2,1-4H3,(H,14,18)(H,15,19). The second-order valence-corrected chi connectivity index (χ2v) is 4.45. The van der Waals surface area contributed by atoms with Crippen molar-refractivity contribution in [2.24, 2.45) is 7.05 Å². The van der Waals surface area contributed by atoms with Crippen molar-refractivity contribution in [1.29, 1.82) is 0 Å². The number of carbonyl (C=O) groups excluding carboxylic acids is 2. The number of hydrogen-bond acceptors (Lipinski definition) is 5. The molecule has 1 aromatic heterocycles. The van der Waals surface area contributed by atoms with E-state index in [-0.39, 0.29) is 11.6 Å². The first-order valence-corrected chi connectivity index (χ1v) is 6.25. The second kappa shape index (κ2) is 6.90. The maximum atomic E-state index is 12.1. The van der Waals surface area contributed by atoms with Gasteiger partial charge >= 0.3 is 0 Å². The van der Waals surface area contributed by atoms with Gasteiger partial charge in [0.2, 0.25) is 5.91 Å². The van der Waals surface area contributed by atoms with Crippen molar-refractivity contribution in [2.75, 3.05) is 26.0 Å². The third-order valence-corrected chi connectivity index (χ3v) is 2.83. The third-order valence-electron chi connectivity index (χ3n) is 2.83. The first-order chi connectivity index (χ1) is 9.38. The van der Waals surface area contributed by atoms with Gasteiger partial charge in [-0.15, -0.1) is 0 Å². The van der Waals surface area contributed by atoms with Gasteiger partial charge in [0.1, 0.15) is 11.7 Å². The van der Waals surface area contributed by atoms with Crippen LogP contribution in [-0.2, 0) is 16.6 Å². The summed E-state index contributed by atoms with van der Waals surface area (Å²) < 4.78 is 6.22. The molecule has 0 bridgehead atoms. The normalized spacial score (nSPS) is 12.0. The van der Waals surface area contributed by atoms with Gasteiger partial charge in [0, 0.05) is 20.7 Å². The number of rotatable bonds is 6. The summed E-state index contributed by atoms with van der Waals surface area (Å²) in [5.74, 6) is -0.715. The topological polar surface area (TPSA) is 111 Å². The fraction of sp³-hybridized carbons (Fsp3) is 0.583. The molecule has 0 spiro atoms. The van der Waals surface area contributed by atoms with Gasteiger partial charge in [-0.05, 0) is 13.8 Å². The number of ether oxygens (including phenoxy) is 1. The molecule has 0 aliphatic rings. The number of hydrogen-bond donors (Lipinski definition) is 3. The Morgan fingerprint density at radius 3 is 2.65 bits per heavy atom. The molecule has 0 aliphatic heterocycles. The van der Waals surface area contributed by atoms with Crippen LogP contribution in [0.25, 0.3) is 0 Å². The predicted molar refractivity (Wildman–Crippen MR) is 74.2 cm³/mol. The zero-order valence-electron chi connectivity index (χ0n) is 12.2. The summed E-state index contributed by atoms with van der Waals surface area (Å²) in [7, 11) is 3.17. The number of carbonyl (C=O) groups is 2. The summed E-state index contributed by atoms with van der Waals surface area (Å²) in [6.45, 7) is 4.12. The van der Waals surface area contributed by atoms with E-state index in [0.29, 0.717) is 24.5 Å². The number of aryl methyl sites for hydroxylation is 2. The molecule has 2 amide bonds. The van der Waals surface area contributed by atoms with Crippen LogP contribution in [0.2, 0.25) is 0 Å². The number of nitrogen functional groups attached to an aromatic ring is 1. The lowest BCUT2D eigenvalue weighted by atomic mass is 10.2. The van der Waals surface area contributed by atoms with Gasteiger partial charge < -0.3 is 21.1 Å². The lowest BCUT2D eigenvalue weighted by Crippen LogP contribution is -2.46. The fourth-order valence-electron chi connectivity index (χ4n) is 1.70. The molecule has 0 radical (unpaired) electrons. The minimum Gasteiger partial charge on any atom is -0.395 e. The van der Waals surface area contributed by atoms with E-state index in [0.717, 1.165) is 0 Å². The molecule has 0 fully saturated rings. The Morgan fingerprint density at radius 2 is 2.15 bits per heavy atom. The number of methoxy groups -OCH3 is 1. The molecular formula is C12H21N5O3. The van der Waals surface area contributed by atoms with Crippen molar-refractivity contribution >= 4 is 17.5 Å². The average molecular weight is 283 g/mol. The molecule has 0 aromatic carbocycles. The molecule has 8 heteroatoms. The van der Waals surface area contributed by atoms with E-state index >= 15 is 0 Å². The van der Waals surface area contributed by atoms with E-state index in [4.69, 9.17) is 10.5 Å². The minimum atomic E-state index is -0.672. The van der Waals surface area contributed by atoms with Crippen molar-refractivity contribution in [2.45, 2.75) is 19.9 Å². The van der Waals surface area contributed by atoms with Crippen LogP contribution in [0.3, 0.4) is 0 Å². The van der Waals surface area contributed by atoms with Crippen molar-refractivity contribution < 1.29 is 14.3 Å². The summed E-state index contributed by atoms with van der Waals surface area (Å²) in [5.41, 5.74) is 6.94. The van der Waals surface area contributed by atoms with Crippen LogP contribution in [0.1, 0.15) is 23.1 Å². The Bertz CT molecular complexity index is 498. The predicted octanol–water partition coefficient (Wildman–Crippen LogP) is -0.808. The highest BCUT2D eigenvalue weighted by atomic mass is 16.5. The zero-order valence-corrected chi connectivity index (χ0v) is 12.2. The van der Waals surface area contributed by atoms with Crippen LogP contribution in [0.5, 0.6) is 0 Å². The maximum Gasteiger partial charge on any atom is 0.272 e. The third kappa shape index (κ3) is 3.70. The van der Waals surface area contributed by atoms with Crippen molar-refractivity contribution in [3.05, 3.63) is 11.4 Å². The summed E-state index contributed by atoms with van der Waals surface area (Å²) >= 11 is 0. The Labute approximate surface area is 117 Å². The molecule has 8 nitrogen and oxygen atoms in total. The van der Waals surface area contributed by atoms with Crippen molar-refractivity contribution in [3.63, 3.8) is 0 Å². The Morgan fingerprint density at radius 1 is 1.50 bits per heavy atom. The van der Waals surface area contributed by atoms with Gasteiger partial charge in [-0.1, -0.05) is 0 Å². The largest absolute Gasteiger partial charge is 0.395 e. The molecule has 1 heterocycles. The van der Waals surface area contributed by atoms with E-state index in [1.165, 1.54) is 4.68 Å². The lowest BCUT2D eigenvalue weighted by molar-refractivity contribution is -0.122. The summed E-state index contributed by atoms with van der Waals surface area (Å²) in [5, 5.41) is 9.29. The van der Waals surface area contributed by atoms with Gasteiger partial charge in [0.25, 0.3) is 5.91 Å². The van der Waals surface area contributed by atoms with Crippen LogP contribution in [0.15, 0.2) is 0 Å². The van der Waals surface area contributed by atoms with E-state index in [1.807, 2.05) is 0 Å². The first kappa shape index (κ1) is 16.0. The molecule has 1 unspecified atom stereocenters. The van der Waals surface area contributed by atoms with Gasteiger partial charge in [-0.3, -0.25) is 14.3 Å². The van der Waals surface area contributed by atoms with Crippen LogP contribution in [0.4, 0.5) is 5.69 Å². The lowest BCUT2D eigenvalue weighted by Gasteiger charge is -2.14. The fourth-order valence-corrected chi connectivity index (χ4v) is 1.70. The van der Waals surface area contributed by atoms with E-state index < -0.39 is 11.9 Å². The number of anilines is 1. The van der Waals surface area contributed by atoms with Gasteiger partial charge in [-0.2, -0.15) is 5.10 Å². The second-order valence-electron chi connectivity index (χ2n) is 4.45. The van der Waals surface area contributed by atoms with Crippen LogP contribution >= 0.6 is 0 Å². The number of nitrogens with one attached hydrogen (secondary N) is 2. The summed E-state index contributed by atoms with van der Waals surface area (Å²) in [4.78, 5) is 23.8. The molecule has 0 aliphatic carbocycles. The monoisotopic (exact) mass is 283 g/mol. The highest BCUT2D eigenvalue weighted by Crippen LogP contribution is 2.14. The smallest absolute Gasteiger partial charge is 0.272 e. The molecule has 1 aromatic rings. The van der Waals surface area contributed by atoms with Crippen molar-refractivity contribution in [1.82, 2.24) is 20.4 Å². The molecule has 4 N–H and O–H groups in total. The molecule has 1 rings (SSSR count). The quantitative estimate of drug-likeness (QED) is 0.591. The zero-order chi connectivity index (χ0) is 15.3. The Hall–Kier alpha value is -2.09. The summed E-state index contributed by atoms with van der Waals surface area (Å²) in [6.07, 6.45) is 0. The molecule has 0 saturated heterocycles. The number of nitrogens with two attached hydrogens (primary N) is 1.